The van der Waals surface area contributed by atoms with Crippen molar-refractivity contribution in [2.24, 2.45) is 7.05 Å². The third kappa shape index (κ3) is 3.70. The molecule has 1 atom stereocenters. The lowest BCUT2D eigenvalue weighted by Crippen LogP contribution is -2.44. The van der Waals surface area contributed by atoms with E-state index in [2.05, 4.69) is 0 Å². The number of benzene rings is 1. The third-order valence-corrected chi connectivity index (χ3v) is 5.76. The van der Waals surface area contributed by atoms with Crippen LogP contribution in [0.4, 0.5) is 4.39 Å². The predicted octanol–water partition coefficient (Wildman–Crippen LogP) is 1.45. The smallest absolute Gasteiger partial charge is 0.337 e. The summed E-state index contributed by atoms with van der Waals surface area (Å²) in [4.78, 5) is 38.9. The molecule has 3 heterocycles. The molecule has 1 fully saturated rings. The van der Waals surface area contributed by atoms with Gasteiger partial charge >= 0.3 is 5.69 Å². The van der Waals surface area contributed by atoms with Gasteiger partial charge in [0.05, 0.1) is 18.8 Å². The van der Waals surface area contributed by atoms with E-state index in [4.69, 9.17) is 9.47 Å². The first kappa shape index (κ1) is 21.7. The van der Waals surface area contributed by atoms with Gasteiger partial charge in [-0.2, -0.15) is 0 Å². The van der Waals surface area contributed by atoms with Gasteiger partial charge in [0.2, 0.25) is 0 Å². The number of halogens is 2. The van der Waals surface area contributed by atoms with Crippen LogP contribution in [-0.4, -0.2) is 37.3 Å². The van der Waals surface area contributed by atoms with Crippen molar-refractivity contribution in [3.63, 3.8) is 0 Å². The van der Waals surface area contributed by atoms with Crippen LogP contribution in [0.3, 0.4) is 0 Å². The van der Waals surface area contributed by atoms with Crippen molar-refractivity contribution in [1.82, 2.24) is 13.7 Å². The molecule has 1 unspecified atom stereocenters. The van der Waals surface area contributed by atoms with Crippen LogP contribution in [0.25, 0.3) is 16.7 Å². The Labute approximate surface area is 188 Å². The molecule has 1 N–H and O–H groups in total. The Kier molecular flexibility index (Phi) is 5.30. The quantitative estimate of drug-likeness (QED) is 0.502. The second-order valence-electron chi connectivity index (χ2n) is 7.71. The summed E-state index contributed by atoms with van der Waals surface area (Å²) in [6.07, 6.45) is -0.609. The first-order chi connectivity index (χ1) is 14.5. The summed E-state index contributed by atoms with van der Waals surface area (Å²) in [5.74, 6) is -2.20. The minimum atomic E-state index is -0.877. The summed E-state index contributed by atoms with van der Waals surface area (Å²) in [6.45, 7) is 3.38. The molecule has 1 aromatic carbocycles. The molecule has 1 aliphatic rings. The Hall–Kier alpha value is -2.51. The number of hydrogen-bond donors (Lipinski definition) is 1. The highest BCUT2D eigenvalue weighted by Crippen LogP contribution is 2.25. The molecule has 0 bridgehead atoms. The van der Waals surface area contributed by atoms with Crippen LogP contribution in [0.5, 0.6) is 5.75 Å². The van der Waals surface area contributed by atoms with Gasteiger partial charge < -0.3 is 14.6 Å². The molecule has 11 heteroatoms. The van der Waals surface area contributed by atoms with Gasteiger partial charge in [-0.1, -0.05) is 0 Å². The van der Waals surface area contributed by atoms with E-state index in [1.807, 2.05) is 22.6 Å². The topological polar surface area (TPSA) is 105 Å². The van der Waals surface area contributed by atoms with E-state index in [0.717, 1.165) is 19.8 Å². The van der Waals surface area contributed by atoms with Crippen molar-refractivity contribution >= 4 is 33.6 Å². The lowest BCUT2D eigenvalue weighted by Gasteiger charge is -2.20. The Balaban J connectivity index is 2.08. The predicted molar refractivity (Wildman–Crippen MR) is 118 cm³/mol. The SMILES string of the molecule is Cn1c(=O)cc(O)c2c(=O)n(CC3COC(C)(C)O3)c(=O)n(-c3ccc(I)cc3F)c21. The van der Waals surface area contributed by atoms with Crippen molar-refractivity contribution in [1.29, 1.82) is 0 Å². The van der Waals surface area contributed by atoms with Crippen molar-refractivity contribution in [3.05, 3.63) is 64.8 Å². The molecular formula is C20H19FIN3O6. The maximum atomic E-state index is 14.9. The number of nitrogens with zero attached hydrogens (tertiary/aromatic N) is 3. The first-order valence-electron chi connectivity index (χ1n) is 9.36. The van der Waals surface area contributed by atoms with Gasteiger partial charge in [-0.3, -0.25) is 18.7 Å². The van der Waals surface area contributed by atoms with Crippen molar-refractivity contribution in [3.8, 4) is 11.4 Å². The Morgan fingerprint density at radius 1 is 1.26 bits per heavy atom. The molecule has 31 heavy (non-hydrogen) atoms. The summed E-state index contributed by atoms with van der Waals surface area (Å²) in [6, 6.07) is 5.07. The Bertz CT molecular complexity index is 1390. The molecule has 1 aliphatic heterocycles. The number of hydrogen-bond acceptors (Lipinski definition) is 6. The van der Waals surface area contributed by atoms with Gasteiger partial charge in [-0.15, -0.1) is 0 Å². The van der Waals surface area contributed by atoms with Crippen LogP contribution in [0, 0.1) is 9.39 Å². The van der Waals surface area contributed by atoms with Gasteiger partial charge in [0, 0.05) is 16.7 Å². The fraction of sp³-hybridized carbons (Fsp3) is 0.350. The van der Waals surface area contributed by atoms with Crippen molar-refractivity contribution in [2.75, 3.05) is 6.61 Å². The second-order valence-corrected chi connectivity index (χ2v) is 8.95. The molecule has 3 aromatic rings. The number of fused-ring (bicyclic) bond motifs is 1. The summed E-state index contributed by atoms with van der Waals surface area (Å²) in [7, 11) is 1.34. The monoisotopic (exact) mass is 543 g/mol. The fourth-order valence-corrected chi connectivity index (χ4v) is 4.12. The van der Waals surface area contributed by atoms with Crippen molar-refractivity contribution in [2.45, 2.75) is 32.3 Å². The van der Waals surface area contributed by atoms with Crippen molar-refractivity contribution < 1.29 is 19.0 Å². The highest BCUT2D eigenvalue weighted by molar-refractivity contribution is 14.1. The molecule has 4 rings (SSSR count). The number of aryl methyl sites for hydroxylation is 1. The molecule has 164 valence electrons. The van der Waals surface area contributed by atoms with E-state index in [-0.39, 0.29) is 29.9 Å². The summed E-state index contributed by atoms with van der Waals surface area (Å²) in [5.41, 5.74) is -2.71. The zero-order valence-electron chi connectivity index (χ0n) is 16.9. The molecule has 0 saturated carbocycles. The normalized spacial score (nSPS) is 18.0. The highest BCUT2D eigenvalue weighted by atomic mass is 127. The van der Waals surface area contributed by atoms with E-state index in [9.17, 15) is 23.9 Å². The molecular weight excluding hydrogens is 524 g/mol. The van der Waals surface area contributed by atoms with Crippen LogP contribution in [0.1, 0.15) is 13.8 Å². The van der Waals surface area contributed by atoms with E-state index < -0.39 is 40.3 Å². The minimum Gasteiger partial charge on any atom is -0.507 e. The van der Waals surface area contributed by atoms with Crippen LogP contribution in [0.15, 0.2) is 38.6 Å². The molecule has 0 spiro atoms. The number of pyridine rings is 1. The Morgan fingerprint density at radius 3 is 2.58 bits per heavy atom. The van der Waals surface area contributed by atoms with Gasteiger partial charge in [0.1, 0.15) is 28.7 Å². The molecule has 1 saturated heterocycles. The van der Waals surface area contributed by atoms with E-state index in [1.54, 1.807) is 19.9 Å². The molecule has 0 amide bonds. The second kappa shape index (κ2) is 7.57. The maximum absolute atomic E-state index is 14.9. The number of aromatic nitrogens is 3. The number of aromatic hydroxyl groups is 1. The largest absolute Gasteiger partial charge is 0.507 e. The first-order valence-corrected chi connectivity index (χ1v) is 10.4. The van der Waals surface area contributed by atoms with Crippen LogP contribution in [-0.2, 0) is 23.1 Å². The lowest BCUT2D eigenvalue weighted by atomic mass is 10.2. The van der Waals surface area contributed by atoms with Crippen LogP contribution < -0.4 is 16.8 Å². The number of rotatable bonds is 3. The third-order valence-electron chi connectivity index (χ3n) is 5.09. The highest BCUT2D eigenvalue weighted by Gasteiger charge is 2.34. The molecule has 2 aromatic heterocycles. The van der Waals surface area contributed by atoms with E-state index in [1.165, 1.54) is 19.2 Å². The Morgan fingerprint density at radius 2 is 1.97 bits per heavy atom. The van der Waals surface area contributed by atoms with Gasteiger partial charge in [-0.05, 0) is 54.6 Å². The van der Waals surface area contributed by atoms with Gasteiger partial charge in [0.25, 0.3) is 11.1 Å². The van der Waals surface area contributed by atoms with Gasteiger partial charge in [0.15, 0.2) is 5.79 Å². The number of ether oxygens (including phenoxy) is 2. The van der Waals surface area contributed by atoms with E-state index in [0.29, 0.717) is 3.57 Å². The summed E-state index contributed by atoms with van der Waals surface area (Å²) < 4.78 is 29.5. The van der Waals surface area contributed by atoms with Crippen LogP contribution >= 0.6 is 22.6 Å². The average Bonchev–Trinajstić information content (AvgIpc) is 3.02. The fourth-order valence-electron chi connectivity index (χ4n) is 3.67. The molecule has 0 radical (unpaired) electrons. The zero-order chi connectivity index (χ0) is 22.7. The maximum Gasteiger partial charge on any atom is 0.337 e. The summed E-state index contributed by atoms with van der Waals surface area (Å²) in [5, 5.41) is 10.1. The molecule has 9 nitrogen and oxygen atoms in total. The average molecular weight is 543 g/mol. The minimum absolute atomic E-state index is 0.147. The van der Waals surface area contributed by atoms with Crippen LogP contribution in [0.2, 0.25) is 0 Å². The van der Waals surface area contributed by atoms with Gasteiger partial charge in [-0.25, -0.2) is 13.8 Å². The zero-order valence-corrected chi connectivity index (χ0v) is 19.0. The standard InChI is InChI=1S/C20H19FIN3O6/c1-20(2)30-9-11(31-20)8-24-18(28)16-14(26)7-15(27)23(3)17(16)25(19(24)29)13-5-4-10(22)6-12(13)21/h4-7,11,26H,8-9H2,1-3H3. The van der Waals surface area contributed by atoms with E-state index >= 15 is 0 Å². The summed E-state index contributed by atoms with van der Waals surface area (Å²) >= 11 is 1.93. The lowest BCUT2D eigenvalue weighted by molar-refractivity contribution is -0.139. The molecule has 0 aliphatic carbocycles.